The molecule has 19 heavy (non-hydrogen) atoms. The van der Waals surface area contributed by atoms with Crippen LogP contribution in [0.3, 0.4) is 0 Å². The number of rotatable bonds is 4. The van der Waals surface area contributed by atoms with E-state index in [1.54, 1.807) is 11.8 Å². The second kappa shape index (κ2) is 6.82. The Balaban J connectivity index is 2.15. The van der Waals surface area contributed by atoms with Gasteiger partial charge in [-0.05, 0) is 23.6 Å². The zero-order valence-electron chi connectivity index (χ0n) is 10.8. The van der Waals surface area contributed by atoms with Gasteiger partial charge in [-0.15, -0.1) is 11.8 Å². The average Bonchev–Trinajstić information content (AvgIpc) is 2.49. The molecule has 0 aliphatic carbocycles. The molecule has 0 N–H and O–H groups in total. The molecule has 0 unspecified atom stereocenters. The molecule has 2 heteroatoms. The third kappa shape index (κ3) is 3.74. The first-order chi connectivity index (χ1) is 9.31. The monoisotopic (exact) mass is 265 g/mol. The van der Waals surface area contributed by atoms with E-state index in [9.17, 15) is 5.26 Å². The van der Waals surface area contributed by atoms with Gasteiger partial charge >= 0.3 is 0 Å². The maximum atomic E-state index is 9.31. The highest BCUT2D eigenvalue weighted by molar-refractivity contribution is 8.02. The molecule has 2 rings (SSSR count). The van der Waals surface area contributed by atoms with Crippen molar-refractivity contribution >= 4 is 17.3 Å². The van der Waals surface area contributed by atoms with E-state index in [0.717, 1.165) is 21.8 Å². The maximum Gasteiger partial charge on any atom is 0.106 e. The van der Waals surface area contributed by atoms with Crippen LogP contribution in [0.25, 0.3) is 5.57 Å². The highest BCUT2D eigenvalue weighted by Crippen LogP contribution is 2.28. The van der Waals surface area contributed by atoms with Gasteiger partial charge in [-0.3, -0.25) is 0 Å². The van der Waals surface area contributed by atoms with Gasteiger partial charge in [0.15, 0.2) is 0 Å². The van der Waals surface area contributed by atoms with Crippen molar-refractivity contribution in [1.82, 2.24) is 0 Å². The smallest absolute Gasteiger partial charge is 0.106 e. The molecule has 2 aromatic rings. The van der Waals surface area contributed by atoms with Crippen LogP contribution in [0.15, 0.2) is 65.6 Å². The lowest BCUT2D eigenvalue weighted by molar-refractivity contribution is 1.42. The Labute approximate surface area is 118 Å². The van der Waals surface area contributed by atoms with Crippen molar-refractivity contribution in [3.8, 4) is 6.07 Å². The predicted octanol–water partition coefficient (Wildman–Crippen LogP) is 4.87. The number of benzene rings is 2. The Morgan fingerprint density at radius 2 is 1.58 bits per heavy atom. The fourth-order valence-electron chi connectivity index (χ4n) is 1.77. The average molecular weight is 265 g/mol. The third-order valence-electron chi connectivity index (χ3n) is 2.87. The van der Waals surface area contributed by atoms with Crippen LogP contribution in [0.2, 0.25) is 0 Å². The molecule has 0 spiro atoms. The van der Waals surface area contributed by atoms with Crippen LogP contribution in [-0.2, 0) is 5.75 Å². The molecule has 94 valence electrons. The second-order valence-electron chi connectivity index (χ2n) is 4.21. The van der Waals surface area contributed by atoms with E-state index in [1.807, 2.05) is 55.5 Å². The molecule has 0 fully saturated rings. The molecular weight excluding hydrogens is 250 g/mol. The number of hydrogen-bond acceptors (Lipinski definition) is 2. The lowest BCUT2D eigenvalue weighted by Gasteiger charge is -2.06. The molecule has 0 aliphatic rings. The van der Waals surface area contributed by atoms with Crippen LogP contribution >= 0.6 is 11.8 Å². The van der Waals surface area contributed by atoms with E-state index in [4.69, 9.17) is 0 Å². The van der Waals surface area contributed by atoms with Gasteiger partial charge in [-0.2, -0.15) is 5.26 Å². The van der Waals surface area contributed by atoms with Gasteiger partial charge in [0.05, 0.1) is 4.91 Å². The summed E-state index contributed by atoms with van der Waals surface area (Å²) in [5.74, 6) is 0.827. The van der Waals surface area contributed by atoms with Gasteiger partial charge in [0.1, 0.15) is 6.07 Å². The Morgan fingerprint density at radius 1 is 1.00 bits per heavy atom. The molecule has 0 amide bonds. The van der Waals surface area contributed by atoms with E-state index in [1.165, 1.54) is 5.56 Å². The minimum absolute atomic E-state index is 0.787. The van der Waals surface area contributed by atoms with Gasteiger partial charge < -0.3 is 0 Å². The normalized spacial score (nSPS) is 11.6. The standard InChI is InChI=1S/C17H15NS/c1-14(16-10-6-3-7-11-16)17(12-18)19-13-15-8-4-2-5-9-15/h2-11H,13H2,1H3/b17-14+. The summed E-state index contributed by atoms with van der Waals surface area (Å²) in [6, 6.07) is 22.6. The Kier molecular flexibility index (Phi) is 4.83. The topological polar surface area (TPSA) is 23.8 Å². The number of thioether (sulfide) groups is 1. The Hall–Kier alpha value is -1.98. The summed E-state index contributed by atoms with van der Waals surface area (Å²) in [7, 11) is 0. The van der Waals surface area contributed by atoms with Crippen LogP contribution < -0.4 is 0 Å². The molecule has 0 atom stereocenters. The van der Waals surface area contributed by atoms with Crippen molar-refractivity contribution in [2.24, 2.45) is 0 Å². The molecule has 0 aliphatic heterocycles. The van der Waals surface area contributed by atoms with Crippen molar-refractivity contribution < 1.29 is 0 Å². The van der Waals surface area contributed by atoms with E-state index >= 15 is 0 Å². The Morgan fingerprint density at radius 3 is 2.16 bits per heavy atom. The molecule has 0 saturated carbocycles. The van der Waals surface area contributed by atoms with Gasteiger partial charge in [0.25, 0.3) is 0 Å². The van der Waals surface area contributed by atoms with E-state index in [0.29, 0.717) is 0 Å². The van der Waals surface area contributed by atoms with Gasteiger partial charge in [0.2, 0.25) is 0 Å². The first-order valence-electron chi connectivity index (χ1n) is 6.14. The van der Waals surface area contributed by atoms with Gasteiger partial charge in [-0.1, -0.05) is 60.7 Å². The van der Waals surface area contributed by atoms with Crippen LogP contribution in [0.1, 0.15) is 18.1 Å². The first-order valence-corrected chi connectivity index (χ1v) is 7.13. The lowest BCUT2D eigenvalue weighted by atomic mass is 10.1. The van der Waals surface area contributed by atoms with Crippen LogP contribution in [0, 0.1) is 11.3 Å². The number of allylic oxidation sites excluding steroid dienone is 2. The van der Waals surface area contributed by atoms with Crippen LogP contribution in [0.5, 0.6) is 0 Å². The summed E-state index contributed by atoms with van der Waals surface area (Å²) >= 11 is 1.60. The largest absolute Gasteiger partial charge is 0.192 e. The zero-order valence-corrected chi connectivity index (χ0v) is 11.7. The molecule has 2 aromatic carbocycles. The SMILES string of the molecule is C/C(=C(/C#N)SCc1ccccc1)c1ccccc1. The summed E-state index contributed by atoms with van der Waals surface area (Å²) in [5.41, 5.74) is 3.39. The summed E-state index contributed by atoms with van der Waals surface area (Å²) in [6.07, 6.45) is 0. The lowest BCUT2D eigenvalue weighted by Crippen LogP contribution is -1.85. The zero-order chi connectivity index (χ0) is 13.5. The number of hydrogen-bond donors (Lipinski definition) is 0. The summed E-state index contributed by atoms with van der Waals surface area (Å²) in [4.78, 5) is 0.787. The fraction of sp³-hybridized carbons (Fsp3) is 0.118. The summed E-state index contributed by atoms with van der Waals surface area (Å²) in [6.45, 7) is 2.01. The van der Waals surface area contributed by atoms with Crippen LogP contribution in [-0.4, -0.2) is 0 Å². The highest BCUT2D eigenvalue weighted by Gasteiger charge is 2.05. The van der Waals surface area contributed by atoms with E-state index in [-0.39, 0.29) is 0 Å². The predicted molar refractivity (Wildman–Crippen MR) is 82.4 cm³/mol. The summed E-state index contributed by atoms with van der Waals surface area (Å²) < 4.78 is 0. The third-order valence-corrected chi connectivity index (χ3v) is 4.04. The molecule has 0 saturated heterocycles. The van der Waals surface area contributed by atoms with Crippen molar-refractivity contribution in [2.45, 2.75) is 12.7 Å². The molecule has 0 bridgehead atoms. The van der Waals surface area contributed by atoms with Crippen LogP contribution in [0.4, 0.5) is 0 Å². The molecular formula is C17H15NS. The quantitative estimate of drug-likeness (QED) is 0.736. The minimum atomic E-state index is 0.787. The number of nitriles is 1. The first kappa shape index (κ1) is 13.5. The minimum Gasteiger partial charge on any atom is -0.192 e. The second-order valence-corrected chi connectivity index (χ2v) is 5.19. The fourth-order valence-corrected chi connectivity index (χ4v) is 2.68. The van der Waals surface area contributed by atoms with Crippen molar-refractivity contribution in [2.75, 3.05) is 0 Å². The molecule has 0 heterocycles. The van der Waals surface area contributed by atoms with E-state index in [2.05, 4.69) is 18.2 Å². The maximum absolute atomic E-state index is 9.31. The number of nitrogens with zero attached hydrogens (tertiary/aromatic N) is 1. The molecule has 0 aromatic heterocycles. The molecule has 1 nitrogen and oxygen atoms in total. The van der Waals surface area contributed by atoms with Gasteiger partial charge in [0, 0.05) is 5.75 Å². The highest BCUT2D eigenvalue weighted by atomic mass is 32.2. The van der Waals surface area contributed by atoms with Crippen molar-refractivity contribution in [3.63, 3.8) is 0 Å². The Bertz CT molecular complexity index is 594. The van der Waals surface area contributed by atoms with E-state index < -0.39 is 0 Å². The van der Waals surface area contributed by atoms with Gasteiger partial charge in [-0.25, -0.2) is 0 Å². The van der Waals surface area contributed by atoms with Crippen molar-refractivity contribution in [1.29, 1.82) is 5.26 Å². The van der Waals surface area contributed by atoms with Crippen molar-refractivity contribution in [3.05, 3.63) is 76.7 Å². The summed E-state index contributed by atoms with van der Waals surface area (Å²) in [5, 5.41) is 9.31. The molecule has 0 radical (unpaired) electrons.